The number of aliphatic hydroxyl groups excluding tert-OH is 1. The monoisotopic (exact) mass is 338 g/mol. The number of β-amino-alcohol motifs (C(OH)–C–C–N with tert-alkyl or cyclic N) is 1. The van der Waals surface area contributed by atoms with Gasteiger partial charge in [0.25, 0.3) is 0 Å². The highest BCUT2D eigenvalue weighted by Crippen LogP contribution is 2.27. The van der Waals surface area contributed by atoms with E-state index in [1.54, 1.807) is 25.2 Å². The van der Waals surface area contributed by atoms with Gasteiger partial charge in [-0.15, -0.1) is 0 Å². The molecule has 0 bridgehead atoms. The quantitative estimate of drug-likeness (QED) is 0.762. The number of carbonyl (C=O) groups excluding carboxylic acids is 1. The first-order valence-electron chi connectivity index (χ1n) is 8.27. The highest BCUT2D eigenvalue weighted by atomic mass is 16.6. The maximum absolute atomic E-state index is 11.9. The lowest BCUT2D eigenvalue weighted by Crippen LogP contribution is -2.40. The van der Waals surface area contributed by atoms with Crippen molar-refractivity contribution in [1.82, 2.24) is 10.2 Å². The van der Waals surface area contributed by atoms with Gasteiger partial charge in [-0.2, -0.15) is 0 Å². The highest BCUT2D eigenvalue weighted by molar-refractivity contribution is 5.70. The normalized spacial score (nSPS) is 12.6. The second kappa shape index (κ2) is 8.89. The van der Waals surface area contributed by atoms with Crippen molar-refractivity contribution in [3.63, 3.8) is 0 Å². The van der Waals surface area contributed by atoms with Gasteiger partial charge in [0.15, 0.2) is 0 Å². The SMILES string of the molecule is CCN(C)C(=O)Oc1cc(OC)cc(C(O)CNC(C)(C)CC)c1. The third-order valence-electron chi connectivity index (χ3n) is 4.17. The molecule has 6 nitrogen and oxygen atoms in total. The summed E-state index contributed by atoms with van der Waals surface area (Å²) in [6.07, 6.45) is -0.229. The van der Waals surface area contributed by atoms with E-state index in [1.165, 1.54) is 12.0 Å². The summed E-state index contributed by atoms with van der Waals surface area (Å²) in [7, 11) is 3.20. The van der Waals surface area contributed by atoms with Crippen LogP contribution in [-0.2, 0) is 0 Å². The van der Waals surface area contributed by atoms with Gasteiger partial charge in [0.05, 0.1) is 13.2 Å². The van der Waals surface area contributed by atoms with Crippen LogP contribution < -0.4 is 14.8 Å². The number of rotatable bonds is 8. The fourth-order valence-electron chi connectivity index (χ4n) is 1.89. The molecule has 24 heavy (non-hydrogen) atoms. The summed E-state index contributed by atoms with van der Waals surface area (Å²) in [6, 6.07) is 5.03. The van der Waals surface area contributed by atoms with E-state index in [0.717, 1.165) is 6.42 Å². The van der Waals surface area contributed by atoms with Crippen LogP contribution in [-0.4, -0.2) is 48.9 Å². The number of methoxy groups -OCH3 is 1. The number of amides is 1. The van der Waals surface area contributed by atoms with Crippen LogP contribution in [0.3, 0.4) is 0 Å². The third-order valence-corrected chi connectivity index (χ3v) is 4.17. The number of carbonyl (C=O) groups is 1. The molecular weight excluding hydrogens is 308 g/mol. The topological polar surface area (TPSA) is 71.0 Å². The van der Waals surface area contributed by atoms with Crippen molar-refractivity contribution in [2.75, 3.05) is 27.2 Å². The Balaban J connectivity index is 2.90. The Morgan fingerprint density at radius 3 is 2.46 bits per heavy atom. The summed E-state index contributed by atoms with van der Waals surface area (Å²) >= 11 is 0. The molecule has 0 saturated heterocycles. The number of hydrogen-bond acceptors (Lipinski definition) is 5. The van der Waals surface area contributed by atoms with Crippen molar-refractivity contribution in [3.05, 3.63) is 23.8 Å². The van der Waals surface area contributed by atoms with E-state index in [0.29, 0.717) is 30.2 Å². The smallest absolute Gasteiger partial charge is 0.414 e. The lowest BCUT2D eigenvalue weighted by atomic mass is 10.0. The average molecular weight is 338 g/mol. The van der Waals surface area contributed by atoms with Crippen molar-refractivity contribution in [2.24, 2.45) is 0 Å². The molecule has 1 unspecified atom stereocenters. The van der Waals surface area contributed by atoms with Crippen LogP contribution in [0.15, 0.2) is 18.2 Å². The minimum Gasteiger partial charge on any atom is -0.497 e. The molecule has 0 aliphatic heterocycles. The van der Waals surface area contributed by atoms with Crippen LogP contribution in [0.1, 0.15) is 45.8 Å². The van der Waals surface area contributed by atoms with Gasteiger partial charge in [-0.05, 0) is 44.9 Å². The van der Waals surface area contributed by atoms with Gasteiger partial charge >= 0.3 is 6.09 Å². The van der Waals surface area contributed by atoms with Crippen molar-refractivity contribution < 1.29 is 19.4 Å². The Morgan fingerprint density at radius 1 is 1.29 bits per heavy atom. The summed E-state index contributed by atoms with van der Waals surface area (Å²) in [5.74, 6) is 0.881. The molecule has 1 rings (SSSR count). The summed E-state index contributed by atoms with van der Waals surface area (Å²) < 4.78 is 10.6. The highest BCUT2D eigenvalue weighted by Gasteiger charge is 2.18. The number of ether oxygens (including phenoxy) is 2. The second-order valence-electron chi connectivity index (χ2n) is 6.46. The number of nitrogens with zero attached hydrogens (tertiary/aromatic N) is 1. The van der Waals surface area contributed by atoms with Gasteiger partial charge in [-0.1, -0.05) is 6.92 Å². The Morgan fingerprint density at radius 2 is 1.92 bits per heavy atom. The van der Waals surface area contributed by atoms with E-state index in [9.17, 15) is 9.90 Å². The first kappa shape index (κ1) is 20.3. The molecule has 0 aliphatic rings. The Kier molecular flexibility index (Phi) is 7.51. The van der Waals surface area contributed by atoms with E-state index in [-0.39, 0.29) is 5.54 Å². The summed E-state index contributed by atoms with van der Waals surface area (Å²) in [5.41, 5.74) is 0.578. The summed E-state index contributed by atoms with van der Waals surface area (Å²) in [6.45, 7) is 9.07. The first-order valence-corrected chi connectivity index (χ1v) is 8.27. The third kappa shape index (κ3) is 6.02. The van der Waals surface area contributed by atoms with Crippen molar-refractivity contribution in [1.29, 1.82) is 0 Å². The van der Waals surface area contributed by atoms with Gasteiger partial charge in [-0.25, -0.2) is 4.79 Å². The predicted octanol–water partition coefficient (Wildman–Crippen LogP) is 2.96. The molecule has 0 saturated carbocycles. The van der Waals surface area contributed by atoms with Crippen LogP contribution in [0.5, 0.6) is 11.5 Å². The van der Waals surface area contributed by atoms with Crippen molar-refractivity contribution >= 4 is 6.09 Å². The van der Waals surface area contributed by atoms with Gasteiger partial charge in [-0.3, -0.25) is 0 Å². The summed E-state index contributed by atoms with van der Waals surface area (Å²) in [5, 5.41) is 13.8. The average Bonchev–Trinajstić information content (AvgIpc) is 2.58. The molecule has 6 heteroatoms. The molecule has 0 radical (unpaired) electrons. The molecule has 1 atom stereocenters. The molecule has 0 aliphatic carbocycles. The maximum Gasteiger partial charge on any atom is 0.414 e. The Labute approximate surface area is 144 Å². The molecule has 0 aromatic heterocycles. The molecule has 0 fully saturated rings. The fraction of sp³-hybridized carbons (Fsp3) is 0.611. The number of hydrogen-bond donors (Lipinski definition) is 2. The van der Waals surface area contributed by atoms with E-state index in [4.69, 9.17) is 9.47 Å². The van der Waals surface area contributed by atoms with Crippen LogP contribution in [0.2, 0.25) is 0 Å². The van der Waals surface area contributed by atoms with E-state index in [2.05, 4.69) is 26.1 Å². The molecule has 0 heterocycles. The Bertz CT molecular complexity index is 546. The van der Waals surface area contributed by atoms with Gasteiger partial charge in [0.1, 0.15) is 11.5 Å². The molecule has 0 spiro atoms. The van der Waals surface area contributed by atoms with Crippen molar-refractivity contribution in [3.8, 4) is 11.5 Å². The zero-order valence-corrected chi connectivity index (χ0v) is 15.5. The van der Waals surface area contributed by atoms with Gasteiger partial charge in [0, 0.05) is 31.7 Å². The van der Waals surface area contributed by atoms with Crippen LogP contribution in [0, 0.1) is 0 Å². The number of nitrogens with one attached hydrogen (secondary N) is 1. The van der Waals surface area contributed by atoms with Crippen LogP contribution >= 0.6 is 0 Å². The fourth-order valence-corrected chi connectivity index (χ4v) is 1.89. The largest absolute Gasteiger partial charge is 0.497 e. The molecule has 1 aromatic carbocycles. The van der Waals surface area contributed by atoms with Crippen molar-refractivity contribution in [2.45, 2.75) is 45.8 Å². The minimum atomic E-state index is -0.729. The first-order chi connectivity index (χ1) is 11.2. The minimum absolute atomic E-state index is 0.0566. The van der Waals surface area contributed by atoms with E-state index >= 15 is 0 Å². The zero-order valence-electron chi connectivity index (χ0n) is 15.5. The van der Waals surface area contributed by atoms with Gasteiger partial charge in [0.2, 0.25) is 0 Å². The molecule has 1 amide bonds. The number of aliphatic hydroxyl groups is 1. The lowest BCUT2D eigenvalue weighted by Gasteiger charge is -2.26. The van der Waals surface area contributed by atoms with E-state index < -0.39 is 12.2 Å². The number of benzene rings is 1. The zero-order chi connectivity index (χ0) is 18.3. The molecule has 136 valence electrons. The van der Waals surface area contributed by atoms with Gasteiger partial charge < -0.3 is 24.8 Å². The Hall–Kier alpha value is -1.79. The maximum atomic E-state index is 11.9. The van der Waals surface area contributed by atoms with Crippen LogP contribution in [0.25, 0.3) is 0 Å². The molecule has 1 aromatic rings. The molecule has 2 N–H and O–H groups in total. The summed E-state index contributed by atoms with van der Waals surface area (Å²) in [4.78, 5) is 13.4. The standard InChI is InChI=1S/C18H30N2O4/c1-7-18(3,4)19-12-16(21)13-9-14(23-6)11-15(10-13)24-17(22)20(5)8-2/h9-11,16,19,21H,7-8,12H2,1-6H3. The lowest BCUT2D eigenvalue weighted by molar-refractivity contribution is 0.157. The van der Waals surface area contributed by atoms with E-state index in [1.807, 2.05) is 6.92 Å². The molecular formula is C18H30N2O4. The second-order valence-corrected chi connectivity index (χ2v) is 6.46. The van der Waals surface area contributed by atoms with Crippen LogP contribution in [0.4, 0.5) is 4.79 Å². The predicted molar refractivity (Wildman–Crippen MR) is 94.7 cm³/mol.